The molecule has 0 saturated carbocycles. The van der Waals surface area contributed by atoms with E-state index in [1.807, 2.05) is 6.92 Å². The molecule has 5 nitrogen and oxygen atoms in total. The summed E-state index contributed by atoms with van der Waals surface area (Å²) in [4.78, 5) is 23.0. The fourth-order valence-corrected chi connectivity index (χ4v) is 3.00. The molecule has 0 aromatic carbocycles. The van der Waals surface area contributed by atoms with Gasteiger partial charge in [-0.25, -0.2) is 9.69 Å². The lowest BCUT2D eigenvalue weighted by Gasteiger charge is -2.43. The lowest BCUT2D eigenvalue weighted by atomic mass is 9.94. The number of β-lactam (4-membered cyclic amide) rings is 1. The molecule has 1 aliphatic rings. The van der Waals surface area contributed by atoms with Crippen molar-refractivity contribution in [2.24, 2.45) is 5.92 Å². The summed E-state index contributed by atoms with van der Waals surface area (Å²) in [5, 5.41) is 8.78. The first kappa shape index (κ1) is 15.2. The van der Waals surface area contributed by atoms with Crippen molar-refractivity contribution in [3.8, 4) is 0 Å². The molecule has 1 fully saturated rings. The predicted octanol–water partition coefficient (Wildman–Crippen LogP) is 2.69. The van der Waals surface area contributed by atoms with Gasteiger partial charge in [0, 0.05) is 0 Å². The van der Waals surface area contributed by atoms with Crippen LogP contribution in [-0.2, 0) is 9.22 Å². The Kier molecular flexibility index (Phi) is 3.93. The van der Waals surface area contributed by atoms with Crippen LogP contribution < -0.4 is 0 Å². The van der Waals surface area contributed by atoms with Gasteiger partial charge >= 0.3 is 6.09 Å². The third-order valence-corrected chi connectivity index (χ3v) is 8.40. The molecule has 103 valence electrons. The third kappa shape index (κ3) is 2.75. The monoisotopic (exact) mass is 272 g/mol. The van der Waals surface area contributed by atoms with Crippen LogP contribution in [-0.4, -0.2) is 36.4 Å². The molecule has 18 heavy (non-hydrogen) atoms. The number of likely N-dealkylation sites (tertiary alicyclic amines) is 1. The van der Waals surface area contributed by atoms with Crippen molar-refractivity contribution in [1.82, 2.24) is 4.90 Å². The lowest BCUT2D eigenvalue weighted by Crippen LogP contribution is -2.57. The lowest BCUT2D eigenvalue weighted by molar-refractivity contribution is -0.143. The Morgan fingerprint density at radius 1 is 1.50 bits per heavy atom. The van der Waals surface area contributed by atoms with Crippen LogP contribution in [0.2, 0.25) is 18.1 Å². The Morgan fingerprint density at radius 2 is 2.00 bits per heavy atom. The molecular weight excluding hydrogens is 250 g/mol. The van der Waals surface area contributed by atoms with Crippen molar-refractivity contribution in [2.45, 2.75) is 51.9 Å². The minimum Gasteiger partial charge on any atom is -0.465 e. The largest absolute Gasteiger partial charge is 0.465 e. The van der Waals surface area contributed by atoms with E-state index in [0.29, 0.717) is 0 Å². The topological polar surface area (TPSA) is 66.8 Å². The van der Waals surface area contributed by atoms with Gasteiger partial charge in [-0.05, 0) is 25.1 Å². The highest BCUT2D eigenvalue weighted by Gasteiger charge is 2.48. The zero-order valence-electron chi connectivity index (χ0n) is 11.9. The van der Waals surface area contributed by atoms with E-state index in [4.69, 9.17) is 9.53 Å². The zero-order chi connectivity index (χ0) is 14.3. The van der Waals surface area contributed by atoms with Crippen LogP contribution >= 0.6 is 0 Å². The van der Waals surface area contributed by atoms with Crippen molar-refractivity contribution in [3.05, 3.63) is 6.54 Å². The first-order chi connectivity index (χ1) is 7.97. The average molecular weight is 272 g/mol. The van der Waals surface area contributed by atoms with Crippen LogP contribution in [0.4, 0.5) is 4.79 Å². The van der Waals surface area contributed by atoms with Crippen LogP contribution in [0.5, 0.6) is 0 Å². The van der Waals surface area contributed by atoms with Crippen LogP contribution in [0.25, 0.3) is 0 Å². The number of carbonyl (C=O) groups is 2. The molecule has 1 saturated heterocycles. The second kappa shape index (κ2) is 4.66. The molecule has 1 radical (unpaired) electrons. The van der Waals surface area contributed by atoms with Gasteiger partial charge in [0.15, 0.2) is 8.32 Å². The summed E-state index contributed by atoms with van der Waals surface area (Å²) in [6, 6.07) is 0. The second-order valence-corrected chi connectivity index (χ2v) is 11.0. The summed E-state index contributed by atoms with van der Waals surface area (Å²) >= 11 is 0. The van der Waals surface area contributed by atoms with Crippen LogP contribution in [0.1, 0.15) is 27.7 Å². The van der Waals surface area contributed by atoms with Crippen molar-refractivity contribution in [3.63, 3.8) is 0 Å². The average Bonchev–Trinajstić information content (AvgIpc) is 2.11. The van der Waals surface area contributed by atoms with Crippen LogP contribution in [0.15, 0.2) is 0 Å². The molecule has 1 rings (SSSR count). The molecule has 2 amide bonds. The maximum atomic E-state index is 11.6. The summed E-state index contributed by atoms with van der Waals surface area (Å²) in [6.07, 6.45) is -1.50. The normalized spacial score (nSPS) is 22.7. The summed E-state index contributed by atoms with van der Waals surface area (Å²) < 4.78 is 6.07. The molecule has 0 aromatic rings. The molecule has 1 aliphatic heterocycles. The molecule has 0 spiro atoms. The molecule has 2 atom stereocenters. The van der Waals surface area contributed by atoms with Crippen molar-refractivity contribution in [1.29, 1.82) is 0 Å². The summed E-state index contributed by atoms with van der Waals surface area (Å²) in [5.41, 5.74) is 0. The summed E-state index contributed by atoms with van der Waals surface area (Å²) in [7, 11) is -1.93. The minimum absolute atomic E-state index is 0.0700. The van der Waals surface area contributed by atoms with Gasteiger partial charge in [0.1, 0.15) is 0 Å². The number of hydrogen-bond acceptors (Lipinski definition) is 3. The molecule has 2 unspecified atom stereocenters. The van der Waals surface area contributed by atoms with Crippen molar-refractivity contribution < 1.29 is 19.1 Å². The van der Waals surface area contributed by atoms with E-state index < -0.39 is 26.2 Å². The van der Waals surface area contributed by atoms with Gasteiger partial charge in [-0.3, -0.25) is 4.79 Å². The van der Waals surface area contributed by atoms with E-state index in [1.54, 1.807) is 0 Å². The van der Waals surface area contributed by atoms with Gasteiger partial charge in [0.25, 0.3) is 0 Å². The van der Waals surface area contributed by atoms with Gasteiger partial charge in [0.05, 0.1) is 18.6 Å². The van der Waals surface area contributed by atoms with E-state index in [0.717, 1.165) is 4.90 Å². The number of nitrogens with zero attached hydrogens (tertiary/aromatic N) is 1. The van der Waals surface area contributed by atoms with Gasteiger partial charge < -0.3 is 9.53 Å². The Labute approximate surface area is 109 Å². The second-order valence-electron chi connectivity index (χ2n) is 6.25. The smallest absolute Gasteiger partial charge is 0.414 e. The molecule has 0 bridgehead atoms. The Bertz CT molecular complexity index is 362. The number of rotatable bonds is 3. The fraction of sp³-hybridized carbons (Fsp3) is 0.750. The number of hydrogen-bond donors (Lipinski definition) is 1. The van der Waals surface area contributed by atoms with Crippen LogP contribution in [0.3, 0.4) is 0 Å². The highest BCUT2D eigenvalue weighted by molar-refractivity contribution is 6.74. The van der Waals surface area contributed by atoms with E-state index in [-0.39, 0.29) is 11.1 Å². The molecule has 0 aromatic heterocycles. The number of amides is 2. The maximum absolute atomic E-state index is 11.6. The number of carbonyl (C=O) groups excluding carboxylic acids is 1. The van der Waals surface area contributed by atoms with E-state index >= 15 is 0 Å². The zero-order valence-corrected chi connectivity index (χ0v) is 12.9. The molecule has 0 aliphatic carbocycles. The fourth-order valence-electron chi connectivity index (χ4n) is 1.57. The number of carboxylic acid groups (broad SMARTS) is 1. The Morgan fingerprint density at radius 3 is 2.33 bits per heavy atom. The SMILES string of the molecule is CC(O[Si](C)(C)C(C)(C)C)C1[CH]N(C(=O)O)C1=O. The van der Waals surface area contributed by atoms with Gasteiger partial charge in [-0.2, -0.15) is 0 Å². The summed E-state index contributed by atoms with van der Waals surface area (Å²) in [5.74, 6) is -0.830. The highest BCUT2D eigenvalue weighted by Crippen LogP contribution is 2.39. The first-order valence-electron chi connectivity index (χ1n) is 6.06. The van der Waals surface area contributed by atoms with Crippen LogP contribution in [0, 0.1) is 12.5 Å². The predicted molar refractivity (Wildman–Crippen MR) is 70.4 cm³/mol. The highest BCUT2D eigenvalue weighted by atomic mass is 28.4. The molecule has 1 N–H and O–H groups in total. The molecule has 6 heteroatoms. The van der Waals surface area contributed by atoms with Gasteiger partial charge in [-0.1, -0.05) is 20.8 Å². The van der Waals surface area contributed by atoms with E-state index in [1.165, 1.54) is 6.54 Å². The Balaban J connectivity index is 2.62. The third-order valence-electron chi connectivity index (χ3n) is 3.83. The molecular formula is C12H22NO4Si. The minimum atomic E-state index is -1.93. The van der Waals surface area contributed by atoms with Gasteiger partial charge in [-0.15, -0.1) is 0 Å². The number of imide groups is 1. The first-order valence-corrected chi connectivity index (χ1v) is 8.97. The van der Waals surface area contributed by atoms with Gasteiger partial charge in [0.2, 0.25) is 5.91 Å². The van der Waals surface area contributed by atoms with Crippen molar-refractivity contribution in [2.75, 3.05) is 0 Å². The Hall–Kier alpha value is -0.883. The van der Waals surface area contributed by atoms with Crippen molar-refractivity contribution >= 4 is 20.3 Å². The standard InChI is InChI=1S/C12H22NO4Si/c1-8(17-18(5,6)12(2,3)4)9-7-13(10(9)14)11(15)16/h7-9H,1-6H3,(H,15,16). The van der Waals surface area contributed by atoms with E-state index in [9.17, 15) is 9.59 Å². The maximum Gasteiger partial charge on any atom is 0.414 e. The van der Waals surface area contributed by atoms with E-state index in [2.05, 4.69) is 33.9 Å². The molecule has 1 heterocycles. The summed E-state index contributed by atoms with van der Waals surface area (Å²) in [6.45, 7) is 13.9. The quantitative estimate of drug-likeness (QED) is 0.633.